The van der Waals surface area contributed by atoms with E-state index in [9.17, 15) is 4.79 Å². The van der Waals surface area contributed by atoms with Crippen molar-refractivity contribution in [3.8, 4) is 5.75 Å². The lowest BCUT2D eigenvalue weighted by atomic mass is 9.95. The third-order valence-electron chi connectivity index (χ3n) is 4.59. The molecule has 1 aromatic heterocycles. The Morgan fingerprint density at radius 2 is 1.92 bits per heavy atom. The predicted molar refractivity (Wildman–Crippen MR) is 98.1 cm³/mol. The number of carbonyl (C=O) groups is 1. The second-order valence-electron chi connectivity index (χ2n) is 6.49. The first-order valence-corrected chi connectivity index (χ1v) is 8.57. The molecule has 0 atom stereocenters. The van der Waals surface area contributed by atoms with E-state index in [0.29, 0.717) is 5.75 Å². The molecule has 0 bridgehead atoms. The molecule has 2 aromatic rings. The van der Waals surface area contributed by atoms with Crippen LogP contribution in [-0.4, -0.2) is 36.3 Å². The maximum Gasteiger partial charge on any atom is 0.227 e. The third kappa shape index (κ3) is 4.07. The average Bonchev–Trinajstić information content (AvgIpc) is 2.63. The van der Waals surface area contributed by atoms with Crippen LogP contribution in [0.1, 0.15) is 24.1 Å². The summed E-state index contributed by atoms with van der Waals surface area (Å²) >= 11 is 0. The highest BCUT2D eigenvalue weighted by molar-refractivity contribution is 5.94. The van der Waals surface area contributed by atoms with Gasteiger partial charge in [0.05, 0.1) is 18.5 Å². The van der Waals surface area contributed by atoms with Crippen molar-refractivity contribution in [2.24, 2.45) is 5.92 Å². The number of anilines is 2. The molecule has 1 aliphatic rings. The Kier molecular flexibility index (Phi) is 5.16. The van der Waals surface area contributed by atoms with Crippen molar-refractivity contribution in [2.45, 2.75) is 26.7 Å². The summed E-state index contributed by atoms with van der Waals surface area (Å²) in [6.45, 7) is 5.53. The lowest BCUT2D eigenvalue weighted by molar-refractivity contribution is -0.120. The van der Waals surface area contributed by atoms with E-state index in [2.05, 4.69) is 20.4 Å². The van der Waals surface area contributed by atoms with Gasteiger partial charge in [0.25, 0.3) is 0 Å². The molecule has 6 heteroatoms. The Morgan fingerprint density at radius 1 is 1.16 bits per heavy atom. The number of rotatable bonds is 4. The smallest absolute Gasteiger partial charge is 0.227 e. The van der Waals surface area contributed by atoms with Crippen LogP contribution < -0.4 is 15.0 Å². The van der Waals surface area contributed by atoms with Crippen molar-refractivity contribution in [1.29, 1.82) is 0 Å². The topological polar surface area (TPSA) is 67.3 Å². The number of carbonyl (C=O) groups excluding carboxylic acids is 1. The SMILES string of the molecule is COc1ccc(C)cc1NC(=O)C1CCN(c2ccc(C)nn2)CC1. The highest BCUT2D eigenvalue weighted by Crippen LogP contribution is 2.28. The molecular weight excluding hydrogens is 316 g/mol. The number of hydrogen-bond acceptors (Lipinski definition) is 5. The molecule has 0 spiro atoms. The third-order valence-corrected chi connectivity index (χ3v) is 4.59. The zero-order valence-corrected chi connectivity index (χ0v) is 15.0. The summed E-state index contributed by atoms with van der Waals surface area (Å²) in [5.74, 6) is 1.62. The van der Waals surface area contributed by atoms with Gasteiger partial charge < -0.3 is 15.0 Å². The second kappa shape index (κ2) is 7.51. The molecule has 0 saturated carbocycles. The molecule has 25 heavy (non-hydrogen) atoms. The Bertz CT molecular complexity index is 738. The fourth-order valence-corrected chi connectivity index (χ4v) is 3.09. The van der Waals surface area contributed by atoms with Gasteiger partial charge in [-0.25, -0.2) is 0 Å². The van der Waals surface area contributed by atoms with Gasteiger partial charge >= 0.3 is 0 Å². The van der Waals surface area contributed by atoms with Gasteiger partial charge in [-0.1, -0.05) is 6.07 Å². The minimum Gasteiger partial charge on any atom is -0.495 e. The minimum absolute atomic E-state index is 0.000115. The number of methoxy groups -OCH3 is 1. The van der Waals surface area contributed by atoms with E-state index in [4.69, 9.17) is 4.74 Å². The van der Waals surface area contributed by atoms with E-state index in [1.165, 1.54) is 0 Å². The van der Waals surface area contributed by atoms with E-state index in [1.54, 1.807) is 7.11 Å². The lowest BCUT2D eigenvalue weighted by Crippen LogP contribution is -2.38. The number of nitrogens with one attached hydrogen (secondary N) is 1. The number of aryl methyl sites for hydroxylation is 2. The summed E-state index contributed by atoms with van der Waals surface area (Å²) in [5, 5.41) is 11.4. The molecule has 0 aliphatic carbocycles. The maximum atomic E-state index is 12.6. The molecule has 1 N–H and O–H groups in total. The number of ether oxygens (including phenoxy) is 1. The molecule has 6 nitrogen and oxygen atoms in total. The molecule has 0 radical (unpaired) electrons. The molecule has 2 heterocycles. The number of hydrogen-bond donors (Lipinski definition) is 1. The number of piperidine rings is 1. The minimum atomic E-state index is -0.000115. The zero-order valence-electron chi connectivity index (χ0n) is 15.0. The lowest BCUT2D eigenvalue weighted by Gasteiger charge is -2.31. The van der Waals surface area contributed by atoms with E-state index in [0.717, 1.165) is 48.7 Å². The van der Waals surface area contributed by atoms with Gasteiger partial charge in [-0.05, 0) is 56.5 Å². The summed E-state index contributed by atoms with van der Waals surface area (Å²) in [7, 11) is 1.61. The first-order valence-electron chi connectivity index (χ1n) is 8.57. The fraction of sp³-hybridized carbons (Fsp3) is 0.421. The van der Waals surface area contributed by atoms with E-state index < -0.39 is 0 Å². The van der Waals surface area contributed by atoms with Crippen LogP contribution in [0, 0.1) is 19.8 Å². The molecule has 0 unspecified atom stereocenters. The number of nitrogens with zero attached hydrogens (tertiary/aromatic N) is 3. The van der Waals surface area contributed by atoms with E-state index >= 15 is 0 Å². The van der Waals surface area contributed by atoms with E-state index in [-0.39, 0.29) is 11.8 Å². The van der Waals surface area contributed by atoms with Crippen molar-refractivity contribution < 1.29 is 9.53 Å². The van der Waals surface area contributed by atoms with Crippen molar-refractivity contribution in [1.82, 2.24) is 10.2 Å². The van der Waals surface area contributed by atoms with Gasteiger partial charge in [-0.15, -0.1) is 5.10 Å². The number of amides is 1. The molecule has 1 fully saturated rings. The summed E-state index contributed by atoms with van der Waals surface area (Å²) in [5.41, 5.74) is 2.73. The average molecular weight is 340 g/mol. The van der Waals surface area contributed by atoms with Crippen LogP contribution in [0.5, 0.6) is 5.75 Å². The summed E-state index contributed by atoms with van der Waals surface area (Å²) in [6.07, 6.45) is 1.60. The monoisotopic (exact) mass is 340 g/mol. The molecular formula is C19H24N4O2. The molecule has 1 aliphatic heterocycles. The Labute approximate surface area is 148 Å². The maximum absolute atomic E-state index is 12.6. The first-order chi connectivity index (χ1) is 12.1. The first kappa shape index (κ1) is 17.2. The van der Waals surface area contributed by atoms with E-state index in [1.807, 2.05) is 44.2 Å². The largest absolute Gasteiger partial charge is 0.495 e. The van der Waals surface area contributed by atoms with Crippen LogP contribution in [0.15, 0.2) is 30.3 Å². The number of aromatic nitrogens is 2. The Hall–Kier alpha value is -2.63. The van der Waals surface area contributed by atoms with Crippen LogP contribution in [0.3, 0.4) is 0 Å². The van der Waals surface area contributed by atoms with Crippen LogP contribution in [0.4, 0.5) is 11.5 Å². The van der Waals surface area contributed by atoms with Gasteiger partial charge in [0.15, 0.2) is 5.82 Å². The van der Waals surface area contributed by atoms with Gasteiger partial charge in [-0.3, -0.25) is 4.79 Å². The summed E-state index contributed by atoms with van der Waals surface area (Å²) in [4.78, 5) is 14.8. The van der Waals surface area contributed by atoms with Gasteiger partial charge in [0, 0.05) is 19.0 Å². The Morgan fingerprint density at radius 3 is 2.56 bits per heavy atom. The highest BCUT2D eigenvalue weighted by Gasteiger charge is 2.26. The molecule has 3 rings (SSSR count). The van der Waals surface area contributed by atoms with Crippen molar-refractivity contribution >= 4 is 17.4 Å². The predicted octanol–water partition coefficient (Wildman–Crippen LogP) is 2.96. The summed E-state index contributed by atoms with van der Waals surface area (Å²) < 4.78 is 5.33. The van der Waals surface area contributed by atoms with Crippen LogP contribution in [0.2, 0.25) is 0 Å². The molecule has 1 aromatic carbocycles. The normalized spacial score (nSPS) is 15.1. The van der Waals surface area contributed by atoms with Crippen LogP contribution in [0.25, 0.3) is 0 Å². The molecule has 132 valence electrons. The zero-order chi connectivity index (χ0) is 17.8. The van der Waals surface area contributed by atoms with Gasteiger partial charge in [0.1, 0.15) is 5.75 Å². The summed E-state index contributed by atoms with van der Waals surface area (Å²) in [6, 6.07) is 9.73. The van der Waals surface area contributed by atoms with Gasteiger partial charge in [-0.2, -0.15) is 5.10 Å². The van der Waals surface area contributed by atoms with Crippen LogP contribution in [-0.2, 0) is 4.79 Å². The van der Waals surface area contributed by atoms with Gasteiger partial charge in [0.2, 0.25) is 5.91 Å². The molecule has 1 saturated heterocycles. The van der Waals surface area contributed by atoms with Crippen molar-refractivity contribution in [3.05, 3.63) is 41.6 Å². The molecule has 1 amide bonds. The standard InChI is InChI=1S/C19H24N4O2/c1-13-4-6-17(25-3)16(12-13)20-19(24)15-8-10-23(11-9-15)18-7-5-14(2)21-22-18/h4-7,12,15H,8-11H2,1-3H3,(H,20,24). The highest BCUT2D eigenvalue weighted by atomic mass is 16.5. The van der Waals surface area contributed by atoms with Crippen molar-refractivity contribution in [2.75, 3.05) is 30.4 Å². The van der Waals surface area contributed by atoms with Crippen molar-refractivity contribution in [3.63, 3.8) is 0 Å². The number of benzene rings is 1. The Balaban J connectivity index is 1.60. The second-order valence-corrected chi connectivity index (χ2v) is 6.49. The van der Waals surface area contributed by atoms with Crippen LogP contribution >= 0.6 is 0 Å². The fourth-order valence-electron chi connectivity index (χ4n) is 3.09. The quantitative estimate of drug-likeness (QED) is 0.927.